The van der Waals surface area contributed by atoms with Crippen molar-refractivity contribution in [3.8, 4) is 0 Å². The number of aliphatic imine (C=N–C) groups is 1. The summed E-state index contributed by atoms with van der Waals surface area (Å²) in [6.07, 6.45) is 5.99. The van der Waals surface area contributed by atoms with Gasteiger partial charge in [-0.15, -0.1) is 0 Å². The number of amides is 1. The van der Waals surface area contributed by atoms with Crippen LogP contribution in [0.25, 0.3) is 0 Å². The topological polar surface area (TPSA) is 87.6 Å². The first kappa shape index (κ1) is 20.6. The van der Waals surface area contributed by atoms with E-state index in [0.29, 0.717) is 17.9 Å². The average molecular weight is 426 g/mol. The van der Waals surface area contributed by atoms with Crippen LogP contribution < -0.4 is 10.0 Å². The number of sulfonamides is 1. The molecule has 1 aliphatic carbocycles. The fourth-order valence-corrected chi connectivity index (χ4v) is 5.72. The van der Waals surface area contributed by atoms with Crippen LogP contribution in [-0.4, -0.2) is 33.3 Å². The minimum atomic E-state index is -3.55. The summed E-state index contributed by atoms with van der Waals surface area (Å²) in [5.41, 5.74) is 1.85. The molecule has 0 unspecified atom stereocenters. The third kappa shape index (κ3) is 4.26. The van der Waals surface area contributed by atoms with Crippen LogP contribution in [0.1, 0.15) is 49.7 Å². The van der Waals surface area contributed by atoms with Gasteiger partial charge in [0.2, 0.25) is 5.91 Å². The summed E-state index contributed by atoms with van der Waals surface area (Å²) in [5, 5.41) is 3.11. The van der Waals surface area contributed by atoms with E-state index in [1.54, 1.807) is 24.3 Å². The highest BCUT2D eigenvalue weighted by Gasteiger charge is 2.34. The molecular formula is C23H27N3O3S. The quantitative estimate of drug-likeness (QED) is 0.745. The van der Waals surface area contributed by atoms with Crippen LogP contribution >= 0.6 is 0 Å². The predicted octanol–water partition coefficient (Wildman–Crippen LogP) is 3.13. The highest BCUT2D eigenvalue weighted by Crippen LogP contribution is 2.38. The summed E-state index contributed by atoms with van der Waals surface area (Å²) in [7, 11) is -3.55. The second-order valence-corrected chi connectivity index (χ2v) is 9.72. The molecule has 7 heteroatoms. The van der Waals surface area contributed by atoms with E-state index < -0.39 is 10.0 Å². The highest BCUT2D eigenvalue weighted by atomic mass is 32.2. The van der Waals surface area contributed by atoms with E-state index in [1.165, 1.54) is 24.8 Å². The predicted molar refractivity (Wildman–Crippen MR) is 117 cm³/mol. The normalized spacial score (nSPS) is 20.3. The molecule has 30 heavy (non-hydrogen) atoms. The molecule has 2 aromatic carbocycles. The van der Waals surface area contributed by atoms with Gasteiger partial charge in [-0.2, -0.15) is 0 Å². The minimum Gasteiger partial charge on any atom is -0.355 e. The summed E-state index contributed by atoms with van der Waals surface area (Å²) in [6.45, 7) is 0.859. The van der Waals surface area contributed by atoms with Gasteiger partial charge in [0.15, 0.2) is 0 Å². The summed E-state index contributed by atoms with van der Waals surface area (Å²) < 4.78 is 26.7. The smallest absolute Gasteiger partial charge is 0.263 e. The lowest BCUT2D eigenvalue weighted by atomic mass is 9.69. The zero-order valence-electron chi connectivity index (χ0n) is 16.9. The lowest BCUT2D eigenvalue weighted by Gasteiger charge is -2.38. The molecule has 0 aromatic heterocycles. The molecule has 2 N–H and O–H groups in total. The Bertz CT molecular complexity index is 1040. The Kier molecular flexibility index (Phi) is 5.90. The van der Waals surface area contributed by atoms with Crippen molar-refractivity contribution >= 4 is 21.8 Å². The molecule has 2 aromatic rings. The van der Waals surface area contributed by atoms with Crippen molar-refractivity contribution < 1.29 is 13.2 Å². The minimum absolute atomic E-state index is 0.00108. The van der Waals surface area contributed by atoms with Crippen LogP contribution in [0.4, 0.5) is 0 Å². The molecular weight excluding hydrogens is 398 g/mol. The van der Waals surface area contributed by atoms with Crippen molar-refractivity contribution in [3.05, 3.63) is 65.7 Å². The average Bonchev–Trinajstić information content (AvgIpc) is 3.04. The van der Waals surface area contributed by atoms with E-state index in [2.05, 4.69) is 39.3 Å². The first-order chi connectivity index (χ1) is 14.5. The number of carbonyl (C=O) groups is 1. The van der Waals surface area contributed by atoms with Crippen molar-refractivity contribution in [2.75, 3.05) is 13.1 Å². The zero-order chi connectivity index (χ0) is 21.0. The van der Waals surface area contributed by atoms with E-state index in [4.69, 9.17) is 0 Å². The fraction of sp³-hybridized carbons (Fsp3) is 0.391. The molecule has 0 bridgehead atoms. The lowest BCUT2D eigenvalue weighted by molar-refractivity contribution is -0.121. The van der Waals surface area contributed by atoms with E-state index in [0.717, 1.165) is 12.8 Å². The molecule has 1 heterocycles. The Hall–Kier alpha value is -2.67. The van der Waals surface area contributed by atoms with Gasteiger partial charge in [-0.05, 0) is 30.5 Å². The number of hydrogen-bond donors (Lipinski definition) is 2. The fourth-order valence-electron chi connectivity index (χ4n) is 4.46. The number of nitrogens with one attached hydrogen (secondary N) is 2. The first-order valence-electron chi connectivity index (χ1n) is 10.5. The number of fused-ring (bicyclic) bond motifs is 1. The van der Waals surface area contributed by atoms with Gasteiger partial charge in [0, 0.05) is 23.9 Å². The van der Waals surface area contributed by atoms with Crippen molar-refractivity contribution in [1.82, 2.24) is 10.0 Å². The van der Waals surface area contributed by atoms with Crippen molar-refractivity contribution in [2.24, 2.45) is 4.99 Å². The van der Waals surface area contributed by atoms with E-state index in [-0.39, 0.29) is 29.2 Å². The van der Waals surface area contributed by atoms with Gasteiger partial charge >= 0.3 is 0 Å². The number of carbonyl (C=O) groups excluding carboxylic acids is 1. The molecule has 1 amide bonds. The molecule has 6 nitrogen and oxygen atoms in total. The van der Waals surface area contributed by atoms with Crippen LogP contribution in [-0.2, 0) is 20.2 Å². The van der Waals surface area contributed by atoms with Gasteiger partial charge in [-0.25, -0.2) is 8.42 Å². The largest absolute Gasteiger partial charge is 0.355 e. The second-order valence-electron chi connectivity index (χ2n) is 8.07. The molecule has 4 rings (SSSR count). The first-order valence-corrected chi connectivity index (χ1v) is 12.0. The number of benzene rings is 2. The van der Waals surface area contributed by atoms with E-state index >= 15 is 0 Å². The van der Waals surface area contributed by atoms with Crippen molar-refractivity contribution in [2.45, 2.75) is 48.8 Å². The zero-order valence-corrected chi connectivity index (χ0v) is 17.7. The molecule has 0 radical (unpaired) electrons. The maximum Gasteiger partial charge on any atom is 0.263 e. The van der Waals surface area contributed by atoms with Gasteiger partial charge in [0.05, 0.1) is 11.4 Å². The molecule has 2 aliphatic rings. The molecule has 158 valence electrons. The number of rotatable bonds is 6. The SMILES string of the molecule is O=C(CCN=C1NS(=O)(=O)c2ccccc21)NCC1(c2ccccc2)CCCCC1. The van der Waals surface area contributed by atoms with Crippen LogP contribution in [0.15, 0.2) is 64.5 Å². The Morgan fingerprint density at radius 1 is 1.00 bits per heavy atom. The molecule has 0 atom stereocenters. The van der Waals surface area contributed by atoms with Gasteiger partial charge in [0.1, 0.15) is 5.84 Å². The molecule has 1 aliphatic heterocycles. The third-order valence-electron chi connectivity index (χ3n) is 6.09. The summed E-state index contributed by atoms with van der Waals surface area (Å²) >= 11 is 0. The van der Waals surface area contributed by atoms with E-state index in [1.807, 2.05) is 6.07 Å². The van der Waals surface area contributed by atoms with Crippen LogP contribution in [0.3, 0.4) is 0 Å². The number of nitrogens with zero attached hydrogens (tertiary/aromatic N) is 1. The summed E-state index contributed by atoms with van der Waals surface area (Å²) in [4.78, 5) is 17.1. The highest BCUT2D eigenvalue weighted by molar-refractivity contribution is 7.90. The van der Waals surface area contributed by atoms with Gasteiger partial charge in [-0.1, -0.05) is 61.7 Å². The lowest BCUT2D eigenvalue weighted by Crippen LogP contribution is -2.42. The molecule has 0 saturated heterocycles. The summed E-state index contributed by atoms with van der Waals surface area (Å²) in [5.74, 6) is 0.251. The van der Waals surface area contributed by atoms with Crippen LogP contribution in [0, 0.1) is 0 Å². The van der Waals surface area contributed by atoms with Crippen molar-refractivity contribution in [1.29, 1.82) is 0 Å². The number of hydrogen-bond acceptors (Lipinski definition) is 4. The Morgan fingerprint density at radius 3 is 2.47 bits per heavy atom. The van der Waals surface area contributed by atoms with Gasteiger partial charge < -0.3 is 5.32 Å². The number of amidine groups is 1. The molecule has 1 saturated carbocycles. The maximum absolute atomic E-state index is 12.5. The Labute approximate surface area is 177 Å². The van der Waals surface area contributed by atoms with Gasteiger partial charge in [-0.3, -0.25) is 14.5 Å². The van der Waals surface area contributed by atoms with Crippen LogP contribution in [0.5, 0.6) is 0 Å². The van der Waals surface area contributed by atoms with Crippen LogP contribution in [0.2, 0.25) is 0 Å². The molecule has 1 fully saturated rings. The third-order valence-corrected chi connectivity index (χ3v) is 7.49. The standard InChI is InChI=1S/C23H27N3O3S/c27-21(13-16-24-22-19-11-5-6-12-20(19)30(28,29)26-22)25-17-23(14-7-2-8-15-23)18-9-3-1-4-10-18/h1,3-6,9-12H,2,7-8,13-17H2,(H,24,26)(H,25,27). The summed E-state index contributed by atoms with van der Waals surface area (Å²) in [6, 6.07) is 17.2. The van der Waals surface area contributed by atoms with Crippen molar-refractivity contribution in [3.63, 3.8) is 0 Å². The second kappa shape index (κ2) is 8.60. The van der Waals surface area contributed by atoms with Gasteiger partial charge in [0.25, 0.3) is 10.0 Å². The Balaban J connectivity index is 1.37. The maximum atomic E-state index is 12.5. The Morgan fingerprint density at radius 2 is 1.70 bits per heavy atom. The molecule has 0 spiro atoms. The van der Waals surface area contributed by atoms with E-state index in [9.17, 15) is 13.2 Å². The monoisotopic (exact) mass is 425 g/mol.